The van der Waals surface area contributed by atoms with Crippen LogP contribution < -0.4 is 5.73 Å². The highest BCUT2D eigenvalue weighted by molar-refractivity contribution is 5.11. The van der Waals surface area contributed by atoms with Crippen molar-refractivity contribution in [1.29, 1.82) is 0 Å². The number of nitrogen functional groups attached to an aromatic ring is 1. The Kier molecular flexibility index (Phi) is 1.50. The van der Waals surface area contributed by atoms with E-state index in [0.717, 1.165) is 19.4 Å². The van der Waals surface area contributed by atoms with Crippen LogP contribution in [0.1, 0.15) is 24.8 Å². The number of aromatic nitrogens is 2. The van der Waals surface area contributed by atoms with Crippen molar-refractivity contribution < 1.29 is 9.26 Å². The van der Waals surface area contributed by atoms with Gasteiger partial charge in [0.15, 0.2) is 0 Å². The van der Waals surface area contributed by atoms with E-state index in [-0.39, 0.29) is 12.1 Å². The summed E-state index contributed by atoms with van der Waals surface area (Å²) in [6, 6.07) is 0. The third-order valence-corrected chi connectivity index (χ3v) is 1.66. The fourth-order valence-electron chi connectivity index (χ4n) is 1.15. The number of nitrogens with two attached hydrogens (primary N) is 1. The molecule has 1 aliphatic rings. The van der Waals surface area contributed by atoms with E-state index in [4.69, 9.17) is 15.0 Å². The molecule has 1 aromatic rings. The maximum Gasteiger partial charge on any atom is 0.260 e. The Morgan fingerprint density at radius 2 is 2.45 bits per heavy atom. The molecule has 1 atom stereocenters. The van der Waals surface area contributed by atoms with Crippen molar-refractivity contribution in [2.75, 3.05) is 12.3 Å². The van der Waals surface area contributed by atoms with Crippen LogP contribution in [0.2, 0.25) is 0 Å². The second-order valence-electron chi connectivity index (χ2n) is 2.49. The molecule has 2 N–H and O–H groups in total. The zero-order valence-corrected chi connectivity index (χ0v) is 5.99. The van der Waals surface area contributed by atoms with Crippen LogP contribution >= 0.6 is 0 Å². The molecule has 0 spiro atoms. The normalized spacial score (nSPS) is 24.2. The highest BCUT2D eigenvalue weighted by atomic mass is 16.5. The number of hydrogen-bond donors (Lipinski definition) is 1. The van der Waals surface area contributed by atoms with Crippen molar-refractivity contribution in [2.45, 2.75) is 18.9 Å². The van der Waals surface area contributed by atoms with E-state index in [0.29, 0.717) is 5.89 Å². The lowest BCUT2D eigenvalue weighted by Crippen LogP contribution is -1.96. The van der Waals surface area contributed by atoms with Crippen molar-refractivity contribution in [3.63, 3.8) is 0 Å². The Morgan fingerprint density at radius 3 is 3.00 bits per heavy atom. The topological polar surface area (TPSA) is 74.2 Å². The van der Waals surface area contributed by atoms with Gasteiger partial charge < -0.3 is 15.0 Å². The molecule has 1 saturated heterocycles. The maximum absolute atomic E-state index is 5.30. The first-order valence-electron chi connectivity index (χ1n) is 3.57. The molecular weight excluding hydrogens is 146 g/mol. The summed E-state index contributed by atoms with van der Waals surface area (Å²) in [4.78, 5) is 3.87. The fourth-order valence-corrected chi connectivity index (χ4v) is 1.15. The van der Waals surface area contributed by atoms with Gasteiger partial charge in [-0.05, 0) is 18.0 Å². The summed E-state index contributed by atoms with van der Waals surface area (Å²) in [5.41, 5.74) is 5.27. The molecule has 0 radical (unpaired) electrons. The fraction of sp³-hybridized carbons (Fsp3) is 0.667. The minimum atomic E-state index is -0.0280. The van der Waals surface area contributed by atoms with Crippen molar-refractivity contribution in [2.24, 2.45) is 0 Å². The average Bonchev–Trinajstić information content (AvgIpc) is 2.55. The van der Waals surface area contributed by atoms with Crippen LogP contribution in [0, 0.1) is 0 Å². The summed E-state index contributed by atoms with van der Waals surface area (Å²) >= 11 is 0. The Balaban J connectivity index is 2.15. The van der Waals surface area contributed by atoms with Gasteiger partial charge in [-0.1, -0.05) is 0 Å². The molecule has 2 rings (SSSR count). The van der Waals surface area contributed by atoms with Crippen LogP contribution in [0.4, 0.5) is 5.95 Å². The van der Waals surface area contributed by atoms with Gasteiger partial charge >= 0.3 is 0 Å². The number of ether oxygens (including phenoxy) is 1. The van der Waals surface area contributed by atoms with Crippen LogP contribution in [0.5, 0.6) is 0 Å². The molecule has 0 aliphatic carbocycles. The third kappa shape index (κ3) is 1.19. The van der Waals surface area contributed by atoms with Crippen molar-refractivity contribution >= 4 is 5.95 Å². The molecule has 11 heavy (non-hydrogen) atoms. The zero-order chi connectivity index (χ0) is 7.68. The second-order valence-corrected chi connectivity index (χ2v) is 2.49. The number of nitrogens with zero attached hydrogens (tertiary/aromatic N) is 2. The molecule has 1 fully saturated rings. The van der Waals surface area contributed by atoms with Crippen LogP contribution in [0.3, 0.4) is 0 Å². The van der Waals surface area contributed by atoms with Crippen LogP contribution in [0.25, 0.3) is 0 Å². The van der Waals surface area contributed by atoms with E-state index in [9.17, 15) is 0 Å². The van der Waals surface area contributed by atoms with Gasteiger partial charge in [-0.25, -0.2) is 0 Å². The van der Waals surface area contributed by atoms with E-state index in [2.05, 4.69) is 10.1 Å². The van der Waals surface area contributed by atoms with E-state index >= 15 is 0 Å². The quantitative estimate of drug-likeness (QED) is 0.639. The van der Waals surface area contributed by atoms with E-state index < -0.39 is 0 Å². The summed E-state index contributed by atoms with van der Waals surface area (Å²) < 4.78 is 10.1. The van der Waals surface area contributed by atoms with Crippen molar-refractivity contribution in [3.05, 3.63) is 5.89 Å². The lowest BCUT2D eigenvalue weighted by molar-refractivity contribution is 0.0836. The lowest BCUT2D eigenvalue weighted by atomic mass is 10.2. The minimum Gasteiger partial charge on any atom is -0.368 e. The minimum absolute atomic E-state index is 0.0280. The van der Waals surface area contributed by atoms with Crippen molar-refractivity contribution in [1.82, 2.24) is 10.1 Å². The first-order valence-corrected chi connectivity index (χ1v) is 3.57. The summed E-state index contributed by atoms with van der Waals surface area (Å²) in [7, 11) is 0. The monoisotopic (exact) mass is 155 g/mol. The van der Waals surface area contributed by atoms with E-state index in [1.165, 1.54) is 0 Å². The summed E-state index contributed by atoms with van der Waals surface area (Å²) in [5, 5.41) is 3.47. The van der Waals surface area contributed by atoms with Gasteiger partial charge in [-0.3, -0.25) is 0 Å². The molecule has 0 aromatic carbocycles. The molecule has 5 nitrogen and oxygen atoms in total. The van der Waals surface area contributed by atoms with Gasteiger partial charge in [0.05, 0.1) is 0 Å². The lowest BCUT2D eigenvalue weighted by Gasteiger charge is -1.99. The highest BCUT2D eigenvalue weighted by Crippen LogP contribution is 2.26. The third-order valence-electron chi connectivity index (χ3n) is 1.66. The van der Waals surface area contributed by atoms with Crippen LogP contribution in [0.15, 0.2) is 4.52 Å². The predicted molar refractivity (Wildman–Crippen MR) is 36.6 cm³/mol. The molecule has 0 bridgehead atoms. The molecule has 2 heterocycles. The predicted octanol–water partition coefficient (Wildman–Crippen LogP) is 0.503. The second kappa shape index (κ2) is 2.50. The molecule has 0 saturated carbocycles. The molecule has 1 unspecified atom stereocenters. The van der Waals surface area contributed by atoms with Gasteiger partial charge in [0, 0.05) is 6.61 Å². The first-order chi connectivity index (χ1) is 5.36. The smallest absolute Gasteiger partial charge is 0.260 e. The summed E-state index contributed by atoms with van der Waals surface area (Å²) in [5.74, 6) is 0.676. The van der Waals surface area contributed by atoms with E-state index in [1.807, 2.05) is 0 Å². The summed E-state index contributed by atoms with van der Waals surface area (Å²) in [6.45, 7) is 0.771. The van der Waals surface area contributed by atoms with Gasteiger partial charge in [0.25, 0.3) is 11.8 Å². The maximum atomic E-state index is 5.30. The standard InChI is InChI=1S/C6H9N3O2/c7-6-8-5(11-9-6)4-2-1-3-10-4/h4H,1-3H2,(H2,7,9). The largest absolute Gasteiger partial charge is 0.368 e. The zero-order valence-electron chi connectivity index (χ0n) is 5.99. The van der Waals surface area contributed by atoms with Gasteiger partial charge in [-0.15, -0.1) is 0 Å². The van der Waals surface area contributed by atoms with Crippen molar-refractivity contribution in [3.8, 4) is 0 Å². The Labute approximate surface area is 63.5 Å². The Hall–Kier alpha value is -1.10. The Morgan fingerprint density at radius 1 is 1.55 bits per heavy atom. The SMILES string of the molecule is Nc1noc(C2CCCO2)n1. The van der Waals surface area contributed by atoms with E-state index in [1.54, 1.807) is 0 Å². The van der Waals surface area contributed by atoms with Gasteiger partial charge in [0.2, 0.25) is 0 Å². The molecular formula is C6H9N3O2. The Bertz CT molecular complexity index is 242. The number of anilines is 1. The van der Waals surface area contributed by atoms with Crippen LogP contribution in [-0.4, -0.2) is 16.7 Å². The number of rotatable bonds is 1. The summed E-state index contributed by atoms with van der Waals surface area (Å²) in [6.07, 6.45) is 1.97. The van der Waals surface area contributed by atoms with Gasteiger partial charge in [-0.2, -0.15) is 4.98 Å². The highest BCUT2D eigenvalue weighted by Gasteiger charge is 2.23. The average molecular weight is 155 g/mol. The molecule has 60 valence electrons. The first kappa shape index (κ1) is 6.60. The molecule has 5 heteroatoms. The molecule has 0 amide bonds. The molecule has 1 aromatic heterocycles. The number of hydrogen-bond acceptors (Lipinski definition) is 5. The van der Waals surface area contributed by atoms with Crippen LogP contribution in [-0.2, 0) is 4.74 Å². The van der Waals surface area contributed by atoms with Gasteiger partial charge in [0.1, 0.15) is 6.10 Å². The molecule has 1 aliphatic heterocycles.